The molecule has 0 heterocycles. The molecule has 0 aliphatic heterocycles. The summed E-state index contributed by atoms with van der Waals surface area (Å²) in [6.07, 6.45) is 5.03. The minimum Gasteiger partial charge on any atom is -0.403 e. The molecule has 2 fully saturated rings. The number of fused-ring (bicyclic) bond motifs is 1. The van der Waals surface area contributed by atoms with Crippen molar-refractivity contribution in [3.8, 4) is 5.75 Å². The van der Waals surface area contributed by atoms with E-state index in [1.54, 1.807) is 6.07 Å². The summed E-state index contributed by atoms with van der Waals surface area (Å²) in [6, 6.07) is 3.91. The quantitative estimate of drug-likeness (QED) is 0.436. The normalized spacial score (nSPS) is 29.8. The first kappa shape index (κ1) is 18.3. The van der Waals surface area contributed by atoms with Crippen LogP contribution in [0.5, 0.6) is 5.75 Å². The fourth-order valence-corrected chi connectivity index (χ4v) is 4.69. The molecule has 1 aromatic rings. The van der Waals surface area contributed by atoms with Gasteiger partial charge in [0.2, 0.25) is 0 Å². The van der Waals surface area contributed by atoms with E-state index < -0.39 is 17.9 Å². The van der Waals surface area contributed by atoms with Crippen LogP contribution >= 0.6 is 0 Å². The fraction of sp³-hybridized carbons (Fsp3) is 0.600. The second kappa shape index (κ2) is 7.38. The van der Waals surface area contributed by atoms with Crippen LogP contribution < -0.4 is 4.74 Å². The van der Waals surface area contributed by atoms with Crippen LogP contribution in [0.15, 0.2) is 30.9 Å². The van der Waals surface area contributed by atoms with Crippen LogP contribution in [-0.4, -0.2) is 6.36 Å². The molecule has 2 aliphatic carbocycles. The van der Waals surface area contributed by atoms with E-state index in [1.165, 1.54) is 31.7 Å². The van der Waals surface area contributed by atoms with E-state index >= 15 is 0 Å². The predicted octanol–water partition coefficient (Wildman–Crippen LogP) is 6.60. The van der Waals surface area contributed by atoms with Gasteiger partial charge < -0.3 is 4.74 Å². The number of ether oxygens (including phenoxy) is 1. The molecule has 1 aromatic carbocycles. The zero-order valence-electron chi connectivity index (χ0n) is 14.2. The minimum absolute atomic E-state index is 0.236. The van der Waals surface area contributed by atoms with Crippen LogP contribution in [0.1, 0.15) is 56.4 Å². The summed E-state index contributed by atoms with van der Waals surface area (Å²) in [5, 5.41) is 0. The molecule has 0 aromatic heterocycles. The molecule has 0 radical (unpaired) electrons. The van der Waals surface area contributed by atoms with Crippen LogP contribution in [-0.2, 0) is 0 Å². The van der Waals surface area contributed by atoms with E-state index in [4.69, 9.17) is 0 Å². The van der Waals surface area contributed by atoms with Crippen molar-refractivity contribution >= 4 is 0 Å². The van der Waals surface area contributed by atoms with E-state index in [-0.39, 0.29) is 5.92 Å². The van der Waals surface area contributed by atoms with Gasteiger partial charge in [0, 0.05) is 0 Å². The Kier molecular flexibility index (Phi) is 5.40. The molecule has 2 aliphatic rings. The van der Waals surface area contributed by atoms with Crippen molar-refractivity contribution in [3.05, 3.63) is 42.2 Å². The molecular formula is C20H24F4O. The monoisotopic (exact) mass is 356 g/mol. The van der Waals surface area contributed by atoms with Crippen molar-refractivity contribution in [1.82, 2.24) is 0 Å². The van der Waals surface area contributed by atoms with Crippen molar-refractivity contribution in [2.24, 2.45) is 17.8 Å². The maximum Gasteiger partial charge on any atom is 0.573 e. The Hall–Kier alpha value is -1.52. The molecule has 2 saturated carbocycles. The highest BCUT2D eigenvalue weighted by molar-refractivity contribution is 5.32. The molecular weight excluding hydrogens is 332 g/mol. The van der Waals surface area contributed by atoms with E-state index in [0.717, 1.165) is 36.8 Å². The first-order valence-corrected chi connectivity index (χ1v) is 9.01. The lowest BCUT2D eigenvalue weighted by atomic mass is 9.91. The van der Waals surface area contributed by atoms with Crippen LogP contribution in [0.4, 0.5) is 17.6 Å². The number of halogens is 4. The van der Waals surface area contributed by atoms with Gasteiger partial charge in [-0.1, -0.05) is 12.1 Å². The molecule has 0 saturated heterocycles. The van der Waals surface area contributed by atoms with Crippen molar-refractivity contribution in [3.63, 3.8) is 0 Å². The smallest absolute Gasteiger partial charge is 0.403 e. The topological polar surface area (TPSA) is 9.23 Å². The molecule has 1 nitrogen and oxygen atoms in total. The number of hydrogen-bond donors (Lipinski definition) is 0. The molecule has 138 valence electrons. The third kappa shape index (κ3) is 4.56. The van der Waals surface area contributed by atoms with Crippen molar-refractivity contribution < 1.29 is 22.3 Å². The second-order valence-electron chi connectivity index (χ2n) is 7.47. The van der Waals surface area contributed by atoms with E-state index in [0.29, 0.717) is 11.8 Å². The van der Waals surface area contributed by atoms with E-state index in [2.05, 4.69) is 11.3 Å². The zero-order valence-corrected chi connectivity index (χ0v) is 14.2. The van der Waals surface area contributed by atoms with Gasteiger partial charge in [-0.15, -0.1) is 19.8 Å². The van der Waals surface area contributed by atoms with Crippen LogP contribution in [0.25, 0.3) is 0 Å². The largest absolute Gasteiger partial charge is 0.573 e. The predicted molar refractivity (Wildman–Crippen MR) is 88.8 cm³/mol. The molecule has 0 bridgehead atoms. The summed E-state index contributed by atoms with van der Waals surface area (Å²) in [6.45, 7) is 3.83. The van der Waals surface area contributed by atoms with Crippen molar-refractivity contribution in [2.45, 2.75) is 57.2 Å². The summed E-state index contributed by atoms with van der Waals surface area (Å²) < 4.78 is 54.4. The Labute approximate surface area is 146 Å². The first-order valence-electron chi connectivity index (χ1n) is 9.01. The van der Waals surface area contributed by atoms with Crippen LogP contribution in [0.2, 0.25) is 0 Å². The maximum atomic E-state index is 14.0. The van der Waals surface area contributed by atoms with Gasteiger partial charge in [-0.3, -0.25) is 0 Å². The molecule has 5 heteroatoms. The average Bonchev–Trinajstić information content (AvgIpc) is 2.85. The Balaban J connectivity index is 1.65. The number of hydrogen-bond acceptors (Lipinski definition) is 1. The van der Waals surface area contributed by atoms with Crippen LogP contribution in [0, 0.1) is 23.6 Å². The van der Waals surface area contributed by atoms with E-state index in [9.17, 15) is 17.6 Å². The summed E-state index contributed by atoms with van der Waals surface area (Å²) in [5.41, 5.74) is 0.794. The Bertz CT molecular complexity index is 594. The average molecular weight is 356 g/mol. The van der Waals surface area contributed by atoms with Crippen LogP contribution in [0.3, 0.4) is 0 Å². The third-order valence-electron chi connectivity index (χ3n) is 5.89. The summed E-state index contributed by atoms with van der Waals surface area (Å²) in [4.78, 5) is 0. The van der Waals surface area contributed by atoms with Gasteiger partial charge in [0.05, 0.1) is 0 Å². The Morgan fingerprint density at radius 2 is 1.72 bits per heavy atom. The molecule has 0 spiro atoms. The van der Waals surface area contributed by atoms with Gasteiger partial charge in [-0.2, -0.15) is 0 Å². The molecule has 2 unspecified atom stereocenters. The molecule has 2 atom stereocenters. The fourth-order valence-electron chi connectivity index (χ4n) is 4.69. The van der Waals surface area contributed by atoms with Gasteiger partial charge in [-0.05, 0) is 86.3 Å². The summed E-state index contributed by atoms with van der Waals surface area (Å²) in [5.74, 6) is 0.574. The third-order valence-corrected chi connectivity index (χ3v) is 5.89. The first-order chi connectivity index (χ1) is 11.9. The van der Waals surface area contributed by atoms with Gasteiger partial charge in [0.25, 0.3) is 0 Å². The van der Waals surface area contributed by atoms with Crippen molar-refractivity contribution in [1.29, 1.82) is 0 Å². The highest BCUT2D eigenvalue weighted by atomic mass is 19.4. The number of allylic oxidation sites excluding steroid dienone is 1. The number of alkyl halides is 3. The highest BCUT2D eigenvalue weighted by Crippen LogP contribution is 2.49. The Morgan fingerprint density at radius 1 is 1.08 bits per heavy atom. The minimum atomic E-state index is -4.87. The molecule has 25 heavy (non-hydrogen) atoms. The van der Waals surface area contributed by atoms with Gasteiger partial charge >= 0.3 is 6.36 Å². The standard InChI is InChI=1S/C20H24F4O/c1-2-3-13-4-6-14-10-17(11-15(14)7-5-13)16-8-9-19(18(21)12-16)25-20(22,23)24/h2,8-9,12-15,17H,1,3-7,10-11H2. The molecule has 0 N–H and O–H groups in total. The highest BCUT2D eigenvalue weighted by Gasteiger charge is 2.37. The summed E-state index contributed by atoms with van der Waals surface area (Å²) >= 11 is 0. The van der Waals surface area contributed by atoms with E-state index in [1.807, 2.05) is 6.08 Å². The van der Waals surface area contributed by atoms with Gasteiger partial charge in [0.15, 0.2) is 11.6 Å². The SMILES string of the molecule is C=CCC1CCC2CC(c3ccc(OC(F)(F)F)c(F)c3)CC2CC1. The number of benzene rings is 1. The molecule has 3 rings (SSSR count). The second-order valence-corrected chi connectivity index (χ2v) is 7.47. The van der Waals surface area contributed by atoms with Gasteiger partial charge in [-0.25, -0.2) is 4.39 Å². The Morgan fingerprint density at radius 3 is 2.24 bits per heavy atom. The number of rotatable bonds is 4. The lowest BCUT2D eigenvalue weighted by Gasteiger charge is -2.15. The van der Waals surface area contributed by atoms with Gasteiger partial charge in [0.1, 0.15) is 0 Å². The zero-order chi connectivity index (χ0) is 18.0. The lowest BCUT2D eigenvalue weighted by Crippen LogP contribution is -2.18. The lowest BCUT2D eigenvalue weighted by molar-refractivity contribution is -0.275. The van der Waals surface area contributed by atoms with Crippen molar-refractivity contribution in [2.75, 3.05) is 0 Å². The molecule has 0 amide bonds. The maximum absolute atomic E-state index is 14.0. The summed E-state index contributed by atoms with van der Waals surface area (Å²) in [7, 11) is 0.